The van der Waals surface area contributed by atoms with Gasteiger partial charge in [0.05, 0.1) is 29.4 Å². The van der Waals surface area contributed by atoms with E-state index < -0.39 is 0 Å². The van der Waals surface area contributed by atoms with Crippen molar-refractivity contribution in [1.82, 2.24) is 9.55 Å². The number of aromatic nitrogens is 2. The van der Waals surface area contributed by atoms with Crippen LogP contribution in [0, 0.1) is 5.92 Å². The number of hydrogen-bond donors (Lipinski definition) is 0. The number of fused-ring (bicyclic) bond motifs is 6. The lowest BCUT2D eigenvalue weighted by Crippen LogP contribution is -2.23. The summed E-state index contributed by atoms with van der Waals surface area (Å²) in [5.74, 6) is 2.81. The molecule has 2 aromatic heterocycles. The molecule has 31 heavy (non-hydrogen) atoms. The Kier molecular flexibility index (Phi) is 3.37. The number of ketones is 1. The van der Waals surface area contributed by atoms with Crippen molar-refractivity contribution in [2.24, 2.45) is 0 Å². The molecule has 4 heterocycles. The Morgan fingerprint density at radius 2 is 1.90 bits per heavy atom. The van der Waals surface area contributed by atoms with Gasteiger partial charge in [-0.05, 0) is 48.4 Å². The number of Topliss-reactive ketones (excluding diaryl/α,β-unsaturated/α-hetero) is 1. The first-order chi connectivity index (χ1) is 15.1. The third-order valence-electron chi connectivity index (χ3n) is 7.45. The van der Waals surface area contributed by atoms with Gasteiger partial charge >= 0.3 is 0 Å². The van der Waals surface area contributed by atoms with Gasteiger partial charge in [0.25, 0.3) is 5.56 Å². The largest absolute Gasteiger partial charge is 0.454 e. The quantitative estimate of drug-likeness (QED) is 0.499. The van der Waals surface area contributed by atoms with Crippen LogP contribution in [0.3, 0.4) is 0 Å². The molecule has 1 fully saturated rings. The Bertz CT molecular complexity index is 1380. The summed E-state index contributed by atoms with van der Waals surface area (Å²) < 4.78 is 13.1. The molecule has 0 amide bonds. The van der Waals surface area contributed by atoms with Crippen LogP contribution in [0.2, 0.25) is 0 Å². The van der Waals surface area contributed by atoms with E-state index in [1.807, 2.05) is 23.6 Å². The Labute approximate surface area is 178 Å². The molecule has 0 bridgehead atoms. The fourth-order valence-electron chi connectivity index (χ4n) is 5.70. The maximum Gasteiger partial charge on any atom is 0.255 e. The van der Waals surface area contributed by atoms with E-state index in [1.54, 1.807) is 0 Å². The smallest absolute Gasteiger partial charge is 0.255 e. The van der Waals surface area contributed by atoms with Crippen molar-refractivity contribution in [3.8, 4) is 22.9 Å². The second-order valence-electron chi connectivity index (χ2n) is 8.95. The minimum atomic E-state index is -0.0416. The molecular formula is C25H21N2O4. The lowest BCUT2D eigenvalue weighted by molar-refractivity contribution is -0.115. The average molecular weight is 413 g/mol. The summed E-state index contributed by atoms with van der Waals surface area (Å²) in [5, 5.41) is 1.11. The van der Waals surface area contributed by atoms with E-state index in [-0.39, 0.29) is 24.6 Å². The molecule has 155 valence electrons. The summed E-state index contributed by atoms with van der Waals surface area (Å²) in [6.07, 6.45) is 4.41. The van der Waals surface area contributed by atoms with E-state index >= 15 is 0 Å². The fraction of sp³-hybridized carbons (Fsp3) is 0.360. The number of hydrogen-bond acceptors (Lipinski definition) is 5. The Morgan fingerprint density at radius 1 is 1.10 bits per heavy atom. The van der Waals surface area contributed by atoms with Crippen LogP contribution < -0.4 is 15.0 Å². The van der Waals surface area contributed by atoms with Gasteiger partial charge < -0.3 is 14.0 Å². The van der Waals surface area contributed by atoms with Gasteiger partial charge in [0.2, 0.25) is 6.79 Å². The number of carbonyl (C=O) groups excluding carboxylic acids is 1. The number of nitrogens with zero attached hydrogens (tertiary/aromatic N) is 2. The van der Waals surface area contributed by atoms with Crippen molar-refractivity contribution in [3.05, 3.63) is 56.7 Å². The summed E-state index contributed by atoms with van der Waals surface area (Å²) in [6, 6.07) is 6.05. The number of ether oxygens (including phenoxy) is 2. The number of rotatable bonds is 2. The minimum Gasteiger partial charge on any atom is -0.454 e. The van der Waals surface area contributed by atoms with Gasteiger partial charge in [-0.25, -0.2) is 4.98 Å². The molecule has 1 saturated carbocycles. The molecule has 0 saturated heterocycles. The third kappa shape index (κ3) is 2.20. The zero-order valence-electron chi connectivity index (χ0n) is 17.3. The van der Waals surface area contributed by atoms with Gasteiger partial charge in [0.1, 0.15) is 5.78 Å². The monoisotopic (exact) mass is 413 g/mol. The zero-order chi connectivity index (χ0) is 20.9. The van der Waals surface area contributed by atoms with E-state index in [1.165, 1.54) is 12.0 Å². The predicted octanol–water partition coefficient (Wildman–Crippen LogP) is 3.88. The maximum absolute atomic E-state index is 13.4. The van der Waals surface area contributed by atoms with E-state index in [2.05, 4.69) is 6.07 Å². The van der Waals surface area contributed by atoms with E-state index in [0.717, 1.165) is 63.7 Å². The Hall–Kier alpha value is -3.15. The molecule has 0 N–H and O–H groups in total. The molecule has 7 rings (SSSR count). The Morgan fingerprint density at radius 3 is 2.65 bits per heavy atom. The molecule has 3 aromatic rings. The minimum absolute atomic E-state index is 0.0416. The van der Waals surface area contributed by atoms with Crippen molar-refractivity contribution < 1.29 is 14.3 Å². The summed E-state index contributed by atoms with van der Waals surface area (Å²) in [5.41, 5.74) is 6.48. The lowest BCUT2D eigenvalue weighted by atomic mass is 9.76. The molecular weight excluding hydrogens is 392 g/mol. The highest BCUT2D eigenvalue weighted by molar-refractivity contribution is 6.02. The van der Waals surface area contributed by atoms with Crippen molar-refractivity contribution in [2.75, 3.05) is 6.79 Å². The molecule has 0 unspecified atom stereocenters. The number of pyridine rings is 2. The topological polar surface area (TPSA) is 70.4 Å². The van der Waals surface area contributed by atoms with Crippen LogP contribution in [0.4, 0.5) is 0 Å². The standard InChI is InChI=1S/C25H21N2O4/c1-2-13-14-6-19-24-17(10-27(19)25(29)15(14)7-20(13)28)23(12-4-3-5-12)16-8-21-22(31-11-30-21)9-18(16)26-24/h6,8-9,12H,2-5,7,10-11H2,1H3. The zero-order valence-corrected chi connectivity index (χ0v) is 17.3. The van der Waals surface area contributed by atoms with Crippen LogP contribution in [0.5, 0.6) is 11.5 Å². The maximum atomic E-state index is 13.4. The molecule has 0 spiro atoms. The highest BCUT2D eigenvalue weighted by atomic mass is 16.7. The third-order valence-corrected chi connectivity index (χ3v) is 7.45. The SMILES string of the molecule is CC[C]1C(=O)Cc2c1cc1n(c2=O)Cc2c-1nc1cc3c(cc1c2C1CCC1)OCO3. The number of benzene rings is 1. The predicted molar refractivity (Wildman–Crippen MR) is 115 cm³/mol. The van der Waals surface area contributed by atoms with Crippen molar-refractivity contribution in [1.29, 1.82) is 0 Å². The van der Waals surface area contributed by atoms with Crippen LogP contribution in [-0.4, -0.2) is 22.1 Å². The summed E-state index contributed by atoms with van der Waals surface area (Å²) in [7, 11) is 0. The molecule has 1 aromatic carbocycles. The molecule has 6 heteroatoms. The number of carbonyl (C=O) groups is 1. The fourth-order valence-corrected chi connectivity index (χ4v) is 5.70. The van der Waals surface area contributed by atoms with Crippen LogP contribution in [-0.2, 0) is 17.8 Å². The second-order valence-corrected chi connectivity index (χ2v) is 8.95. The van der Waals surface area contributed by atoms with Gasteiger partial charge in [-0.1, -0.05) is 13.3 Å². The van der Waals surface area contributed by atoms with Gasteiger partial charge in [0.15, 0.2) is 11.5 Å². The molecule has 2 aliphatic carbocycles. The van der Waals surface area contributed by atoms with Crippen molar-refractivity contribution in [2.45, 2.75) is 51.5 Å². The first-order valence-corrected chi connectivity index (χ1v) is 11.1. The first-order valence-electron chi connectivity index (χ1n) is 11.1. The average Bonchev–Trinajstić information content (AvgIpc) is 3.40. The van der Waals surface area contributed by atoms with Crippen LogP contribution in [0.1, 0.15) is 60.8 Å². The highest BCUT2D eigenvalue weighted by Gasteiger charge is 2.38. The highest BCUT2D eigenvalue weighted by Crippen LogP contribution is 2.48. The van der Waals surface area contributed by atoms with Crippen molar-refractivity contribution in [3.63, 3.8) is 0 Å². The van der Waals surface area contributed by atoms with E-state index in [0.29, 0.717) is 24.4 Å². The molecule has 2 aliphatic heterocycles. The summed E-state index contributed by atoms with van der Waals surface area (Å²) >= 11 is 0. The normalized spacial score (nSPS) is 18.9. The lowest BCUT2D eigenvalue weighted by Gasteiger charge is -2.29. The second kappa shape index (κ2) is 5.96. The summed E-state index contributed by atoms with van der Waals surface area (Å²) in [6.45, 7) is 2.73. The van der Waals surface area contributed by atoms with Gasteiger partial charge in [-0.15, -0.1) is 0 Å². The van der Waals surface area contributed by atoms with Crippen LogP contribution in [0.25, 0.3) is 22.3 Å². The Balaban J connectivity index is 1.52. The molecule has 0 atom stereocenters. The van der Waals surface area contributed by atoms with Crippen LogP contribution in [0.15, 0.2) is 23.0 Å². The molecule has 1 radical (unpaired) electrons. The van der Waals surface area contributed by atoms with E-state index in [4.69, 9.17) is 14.5 Å². The van der Waals surface area contributed by atoms with Gasteiger partial charge in [-0.2, -0.15) is 0 Å². The summed E-state index contributed by atoms with van der Waals surface area (Å²) in [4.78, 5) is 30.8. The molecule has 4 aliphatic rings. The van der Waals surface area contributed by atoms with E-state index in [9.17, 15) is 9.59 Å². The van der Waals surface area contributed by atoms with Crippen LogP contribution >= 0.6 is 0 Å². The van der Waals surface area contributed by atoms with Crippen molar-refractivity contribution >= 4 is 16.7 Å². The van der Waals surface area contributed by atoms with Gasteiger partial charge in [0, 0.05) is 29.0 Å². The van der Waals surface area contributed by atoms with Gasteiger partial charge in [-0.3, -0.25) is 9.59 Å². The molecule has 6 nitrogen and oxygen atoms in total. The first kappa shape index (κ1) is 17.5.